The summed E-state index contributed by atoms with van der Waals surface area (Å²) in [6, 6.07) is -1.33. The molecule has 0 aromatic rings. The van der Waals surface area contributed by atoms with Crippen LogP contribution in [0.25, 0.3) is 0 Å². The fraction of sp³-hybridized carbons (Fsp3) is 1.00. The molecule has 7 rings (SSSR count). The lowest BCUT2D eigenvalue weighted by molar-refractivity contribution is 0.0958. The molecule has 0 aromatic heterocycles. The van der Waals surface area contributed by atoms with Crippen molar-refractivity contribution in [1.29, 1.82) is 0 Å². The molecule has 0 radical (unpaired) electrons. The molecule has 23 nitrogen and oxygen atoms in total. The lowest BCUT2D eigenvalue weighted by Gasteiger charge is -2.45. The molecule has 27 heteroatoms. The summed E-state index contributed by atoms with van der Waals surface area (Å²) in [5, 5.41) is 44.6. The van der Waals surface area contributed by atoms with E-state index in [0.29, 0.717) is 45.1 Å². The van der Waals surface area contributed by atoms with E-state index in [-0.39, 0.29) is 100 Å². The second-order valence-corrected chi connectivity index (χ2v) is 26.9. The Morgan fingerprint density at radius 2 is 0.864 bits per heavy atom. The van der Waals surface area contributed by atoms with Crippen molar-refractivity contribution in [3.63, 3.8) is 0 Å². The Labute approximate surface area is 389 Å². The van der Waals surface area contributed by atoms with E-state index in [1.807, 2.05) is 0 Å². The topological polar surface area (TPSA) is 359 Å². The lowest BCUT2D eigenvalue weighted by atomic mass is 9.69. The number of fused-ring (bicyclic) bond motifs is 2. The van der Waals surface area contributed by atoms with Crippen LogP contribution in [-0.2, 0) is 40.5 Å². The Bertz CT molecular complexity index is 2030. The molecule has 0 spiro atoms. The summed E-state index contributed by atoms with van der Waals surface area (Å²) in [7, 11) is -17.8. The van der Waals surface area contributed by atoms with Crippen molar-refractivity contribution in [1.82, 2.24) is 31.9 Å². The van der Waals surface area contributed by atoms with E-state index in [2.05, 4.69) is 66.2 Å². The first-order valence-electron chi connectivity index (χ1n) is 23.8. The average molecular weight is 1020 g/mol. The monoisotopic (exact) mass is 1020 g/mol. The van der Waals surface area contributed by atoms with Crippen LogP contribution < -0.4 is 31.9 Å². The molecule has 6 aliphatic carbocycles. The zero-order chi connectivity index (χ0) is 47.8. The van der Waals surface area contributed by atoms with Crippen molar-refractivity contribution in [2.45, 2.75) is 193 Å². The van der Waals surface area contributed by atoms with Crippen molar-refractivity contribution in [2.75, 3.05) is 13.2 Å². The van der Waals surface area contributed by atoms with Gasteiger partial charge in [0.1, 0.15) is 18.9 Å². The second kappa shape index (κ2) is 21.5. The molecule has 0 bridgehead atoms. The van der Waals surface area contributed by atoms with E-state index in [4.69, 9.17) is 0 Å². The number of nitrogens with zero attached hydrogens (tertiary/aromatic N) is 4. The maximum absolute atomic E-state index is 12.5. The summed E-state index contributed by atoms with van der Waals surface area (Å²) in [4.78, 5) is 0. The van der Waals surface area contributed by atoms with E-state index < -0.39 is 97.2 Å². The number of aliphatic hydroxyl groups excluding tert-OH is 1. The molecular formula is C39H72N10O13S4. The van der Waals surface area contributed by atoms with Gasteiger partial charge in [-0.05, 0) is 125 Å². The highest BCUT2D eigenvalue weighted by atomic mass is 32.2. The van der Waals surface area contributed by atoms with Crippen LogP contribution in [0.1, 0.15) is 117 Å². The molecule has 6 saturated carbocycles. The molecule has 18 atom stereocenters. The summed E-state index contributed by atoms with van der Waals surface area (Å²) in [5.74, 6) is -2.26. The summed E-state index contributed by atoms with van der Waals surface area (Å²) >= 11 is 0. The summed E-state index contributed by atoms with van der Waals surface area (Å²) in [6.07, 6.45) is 6.23. The van der Waals surface area contributed by atoms with Gasteiger partial charge in [0.05, 0.1) is 51.8 Å². The highest BCUT2D eigenvalue weighted by molar-refractivity contribution is 7.87. The lowest BCUT2D eigenvalue weighted by Crippen LogP contribution is -2.78. The normalized spacial score (nSPS) is 43.3. The Morgan fingerprint density at radius 3 is 1.23 bits per heavy atom. The summed E-state index contributed by atoms with van der Waals surface area (Å²) < 4.78 is 139. The zero-order valence-corrected chi connectivity index (χ0v) is 40.9. The van der Waals surface area contributed by atoms with Gasteiger partial charge in [-0.1, -0.05) is 26.7 Å². The minimum absolute atomic E-state index is 0.0416. The number of hydrogen-bond acceptors (Lipinski definition) is 19. The van der Waals surface area contributed by atoms with Crippen LogP contribution in [0.2, 0.25) is 0 Å². The Balaban J connectivity index is 0.915. The van der Waals surface area contributed by atoms with E-state index in [1.54, 1.807) is 0 Å². The molecule has 0 aromatic carbocycles. The van der Waals surface area contributed by atoms with Gasteiger partial charge >= 0.3 is 0 Å². The highest BCUT2D eigenvalue weighted by Crippen LogP contribution is 2.48. The van der Waals surface area contributed by atoms with Gasteiger partial charge in [0.15, 0.2) is 0 Å². The minimum atomic E-state index is -4.49. The molecule has 7 fully saturated rings. The van der Waals surface area contributed by atoms with Gasteiger partial charge < -0.3 is 5.11 Å². The van der Waals surface area contributed by atoms with Gasteiger partial charge in [0.25, 0.3) is 40.5 Å². The van der Waals surface area contributed by atoms with Crippen molar-refractivity contribution in [2.24, 2.45) is 56.0 Å². The molecule has 380 valence electrons. The predicted molar refractivity (Wildman–Crippen MR) is 242 cm³/mol. The van der Waals surface area contributed by atoms with Crippen LogP contribution >= 0.6 is 0 Å². The third-order valence-electron chi connectivity index (χ3n) is 16.0. The van der Waals surface area contributed by atoms with Crippen molar-refractivity contribution < 1.29 is 57.0 Å². The first-order valence-corrected chi connectivity index (χ1v) is 29.8. The van der Waals surface area contributed by atoms with Crippen molar-refractivity contribution in [3.05, 3.63) is 0 Å². The SMILES string of the molecule is CC1CC(NC2NC(NCCO)NC(NC3CCC(N=NC4CC5C(CCCC5S(=O)(=O)O)C(S(=O)(=O)O)C4)C(C)C3)N2)CCC1N=NC1CC2C(CCCC2S(=O)(=O)O)C(S(=O)(=O)O)C1. The number of rotatable bonds is 15. The number of aliphatic hydroxyl groups is 1. The van der Waals surface area contributed by atoms with Gasteiger partial charge in [-0.25, -0.2) is 0 Å². The Kier molecular flexibility index (Phi) is 17.1. The Hall–Kier alpha value is -1.44. The standard InChI is InChI=1S/C39H72N10O13S4/c1-21-15-23(9-11-31(21)48-46-25-17-29-27(35(19-25)65(57,58)59)5-3-7-33(29)63(51,52)53)41-38-43-37(40-13-14-50)44-39(45-38)42-24-10-12-32(22(2)16-24)49-47-26-18-30-28(36(20-26)66(60,61)62)6-4-8-34(30)64(54,55)56/h21-45,50H,3-20H2,1-2H3,(H,51,52,53)(H,54,55,56)(H,57,58,59)(H,60,61,62). The van der Waals surface area contributed by atoms with E-state index >= 15 is 0 Å². The maximum Gasteiger partial charge on any atom is 0.268 e. The molecule has 1 saturated heterocycles. The van der Waals surface area contributed by atoms with Crippen molar-refractivity contribution in [3.8, 4) is 0 Å². The zero-order valence-electron chi connectivity index (χ0n) is 37.6. The van der Waals surface area contributed by atoms with Gasteiger partial charge in [-0.3, -0.25) is 50.1 Å². The van der Waals surface area contributed by atoms with Crippen LogP contribution in [0.15, 0.2) is 20.5 Å². The summed E-state index contributed by atoms with van der Waals surface area (Å²) in [6.45, 7) is 4.45. The predicted octanol–water partition coefficient (Wildman–Crippen LogP) is 1.58. The number of azo groups is 2. The quantitative estimate of drug-likeness (QED) is 0.0819. The first-order chi connectivity index (χ1) is 31.0. The summed E-state index contributed by atoms with van der Waals surface area (Å²) in [5.41, 5.74) is 0. The smallest absolute Gasteiger partial charge is 0.268 e. The molecule has 7 aliphatic rings. The first kappa shape index (κ1) is 52.4. The number of nitrogens with one attached hydrogen (secondary N) is 6. The molecule has 1 heterocycles. The third-order valence-corrected chi connectivity index (χ3v) is 21.3. The molecule has 11 N–H and O–H groups in total. The fourth-order valence-electron chi connectivity index (χ4n) is 12.8. The molecule has 18 unspecified atom stereocenters. The maximum atomic E-state index is 12.5. The van der Waals surface area contributed by atoms with Gasteiger partial charge in [0.2, 0.25) is 0 Å². The van der Waals surface area contributed by atoms with Gasteiger partial charge in [-0.2, -0.15) is 54.1 Å². The molecule has 1 aliphatic heterocycles. The van der Waals surface area contributed by atoms with Crippen LogP contribution in [-0.4, -0.2) is 146 Å². The molecule has 66 heavy (non-hydrogen) atoms. The van der Waals surface area contributed by atoms with Crippen LogP contribution in [0.3, 0.4) is 0 Å². The Morgan fingerprint density at radius 1 is 0.470 bits per heavy atom. The largest absolute Gasteiger partial charge is 0.395 e. The van der Waals surface area contributed by atoms with E-state index in [1.165, 1.54) is 0 Å². The van der Waals surface area contributed by atoms with Gasteiger partial charge in [-0.15, -0.1) is 0 Å². The van der Waals surface area contributed by atoms with Crippen LogP contribution in [0.4, 0.5) is 0 Å². The van der Waals surface area contributed by atoms with E-state index in [9.17, 15) is 57.0 Å². The highest BCUT2D eigenvalue weighted by Gasteiger charge is 2.53. The third kappa shape index (κ3) is 13.1. The van der Waals surface area contributed by atoms with Crippen LogP contribution in [0, 0.1) is 35.5 Å². The average Bonchev–Trinajstić information content (AvgIpc) is 3.22. The van der Waals surface area contributed by atoms with Gasteiger partial charge in [0, 0.05) is 18.6 Å². The minimum Gasteiger partial charge on any atom is -0.395 e. The molecular weight excluding hydrogens is 945 g/mol. The fourth-order valence-corrected chi connectivity index (χ4v) is 17.7. The molecule has 0 amide bonds. The van der Waals surface area contributed by atoms with E-state index in [0.717, 1.165) is 25.7 Å². The second-order valence-electron chi connectivity index (χ2n) is 20.4. The number of hydrogen-bond donors (Lipinski definition) is 11. The van der Waals surface area contributed by atoms with Crippen LogP contribution in [0.5, 0.6) is 0 Å². The van der Waals surface area contributed by atoms with Crippen molar-refractivity contribution >= 4 is 40.5 Å².